The first-order chi connectivity index (χ1) is 10.1. The molecule has 0 radical (unpaired) electrons. The van der Waals surface area contributed by atoms with E-state index in [1.54, 1.807) is 0 Å². The molecule has 21 heavy (non-hydrogen) atoms. The fourth-order valence-corrected chi connectivity index (χ4v) is 3.16. The molecular weight excluding hydrogens is 290 g/mol. The molecule has 4 N–H and O–H groups in total. The number of likely N-dealkylation sites (N-methyl/N-ethyl adjacent to an activating group) is 1. The van der Waals surface area contributed by atoms with E-state index in [2.05, 4.69) is 5.32 Å². The van der Waals surface area contributed by atoms with E-state index >= 15 is 0 Å². The van der Waals surface area contributed by atoms with Gasteiger partial charge in [-0.15, -0.1) is 0 Å². The largest absolute Gasteiger partial charge is 0.480 e. The highest BCUT2D eigenvalue weighted by atomic mass is 32.2. The van der Waals surface area contributed by atoms with E-state index in [0.29, 0.717) is 24.5 Å². The number of aliphatic hydroxyl groups excluding tert-OH is 2. The minimum Gasteiger partial charge on any atom is -0.480 e. The number of carbonyl (C=O) groups is 1. The molecule has 118 valence electrons. The zero-order valence-electron chi connectivity index (χ0n) is 12.2. The Labute approximate surface area is 129 Å². The second kappa shape index (κ2) is 9.04. The van der Waals surface area contributed by atoms with Gasteiger partial charge in [-0.2, -0.15) is 11.8 Å². The van der Waals surface area contributed by atoms with Crippen molar-refractivity contribution in [3.63, 3.8) is 0 Å². The molecule has 0 fully saturated rings. The highest BCUT2D eigenvalue weighted by Crippen LogP contribution is 2.27. The molecule has 0 saturated carbocycles. The lowest BCUT2D eigenvalue weighted by atomic mass is 9.87. The Morgan fingerprint density at radius 2 is 2.05 bits per heavy atom. The van der Waals surface area contributed by atoms with Crippen LogP contribution >= 0.6 is 11.8 Å². The van der Waals surface area contributed by atoms with Crippen LogP contribution in [0.2, 0.25) is 0 Å². The normalized spacial score (nSPS) is 15.4. The summed E-state index contributed by atoms with van der Waals surface area (Å²) in [4.78, 5) is 11.8. The lowest BCUT2D eigenvalue weighted by Crippen LogP contribution is -2.49. The van der Waals surface area contributed by atoms with Gasteiger partial charge in [-0.1, -0.05) is 37.3 Å². The van der Waals surface area contributed by atoms with E-state index in [1.165, 1.54) is 11.8 Å². The average molecular weight is 313 g/mol. The Kier molecular flexibility index (Phi) is 7.74. The zero-order valence-corrected chi connectivity index (χ0v) is 13.0. The number of hydrogen-bond acceptors (Lipinski definition) is 5. The van der Waals surface area contributed by atoms with Crippen molar-refractivity contribution in [2.24, 2.45) is 0 Å². The summed E-state index contributed by atoms with van der Waals surface area (Å²) in [5, 5.41) is 30.9. The molecule has 0 aliphatic rings. The number of carboxylic acid groups (broad SMARTS) is 1. The molecule has 5 nitrogen and oxygen atoms in total. The maximum absolute atomic E-state index is 11.8. The first-order valence-corrected chi connectivity index (χ1v) is 8.13. The molecule has 0 aliphatic carbocycles. The van der Waals surface area contributed by atoms with Crippen LogP contribution in [-0.2, 0) is 10.3 Å². The van der Waals surface area contributed by atoms with Gasteiger partial charge in [-0.3, -0.25) is 5.32 Å². The maximum atomic E-state index is 11.8. The number of carboxylic acids is 1. The number of thioether (sulfide) groups is 1. The summed E-state index contributed by atoms with van der Waals surface area (Å²) < 4.78 is 0. The minimum absolute atomic E-state index is 0.275. The Morgan fingerprint density at radius 1 is 1.38 bits per heavy atom. The molecule has 0 heterocycles. The molecule has 0 aromatic heterocycles. The number of aliphatic hydroxyl groups is 2. The van der Waals surface area contributed by atoms with E-state index in [4.69, 9.17) is 5.11 Å². The van der Waals surface area contributed by atoms with Crippen LogP contribution in [0.1, 0.15) is 18.9 Å². The molecule has 0 aliphatic heterocycles. The molecule has 0 saturated heterocycles. The first kappa shape index (κ1) is 18.0. The van der Waals surface area contributed by atoms with Gasteiger partial charge in [0.2, 0.25) is 0 Å². The molecule has 1 aromatic rings. The number of nitrogens with one attached hydrogen (secondary N) is 1. The first-order valence-electron chi connectivity index (χ1n) is 6.97. The highest BCUT2D eigenvalue weighted by Gasteiger charge is 2.38. The van der Waals surface area contributed by atoms with Crippen LogP contribution in [0.4, 0.5) is 0 Å². The van der Waals surface area contributed by atoms with Crippen LogP contribution < -0.4 is 5.32 Å². The Hall–Kier alpha value is -1.08. The van der Waals surface area contributed by atoms with E-state index in [9.17, 15) is 15.0 Å². The van der Waals surface area contributed by atoms with Gasteiger partial charge in [0, 0.05) is 5.75 Å². The van der Waals surface area contributed by atoms with Crippen LogP contribution in [0.3, 0.4) is 0 Å². The van der Waals surface area contributed by atoms with Gasteiger partial charge < -0.3 is 15.3 Å². The summed E-state index contributed by atoms with van der Waals surface area (Å²) in [7, 11) is 0. The van der Waals surface area contributed by atoms with Crippen LogP contribution in [0.5, 0.6) is 0 Å². The van der Waals surface area contributed by atoms with Crippen molar-refractivity contribution >= 4 is 17.7 Å². The number of aliphatic carboxylic acids is 1. The third-order valence-corrected chi connectivity index (χ3v) is 4.37. The van der Waals surface area contributed by atoms with Crippen LogP contribution in [0.15, 0.2) is 30.3 Å². The van der Waals surface area contributed by atoms with Crippen LogP contribution in [0, 0.1) is 0 Å². The lowest BCUT2D eigenvalue weighted by Gasteiger charge is -2.31. The van der Waals surface area contributed by atoms with E-state index in [0.717, 1.165) is 5.56 Å². The molecule has 0 amide bonds. The van der Waals surface area contributed by atoms with Crippen molar-refractivity contribution in [2.75, 3.05) is 24.7 Å². The Bertz CT molecular complexity index is 429. The highest BCUT2D eigenvalue weighted by molar-refractivity contribution is 7.99. The van der Waals surface area contributed by atoms with Gasteiger partial charge in [0.15, 0.2) is 0 Å². The van der Waals surface area contributed by atoms with Crippen LogP contribution in [0.25, 0.3) is 0 Å². The number of benzene rings is 1. The third kappa shape index (κ3) is 5.00. The second-order valence-electron chi connectivity index (χ2n) is 4.77. The molecular formula is C15H23NO4S. The minimum atomic E-state index is -1.12. The van der Waals surface area contributed by atoms with Gasteiger partial charge in [0.25, 0.3) is 0 Å². The van der Waals surface area contributed by atoms with E-state index in [1.807, 2.05) is 37.3 Å². The predicted molar refractivity (Wildman–Crippen MR) is 84.5 cm³/mol. The summed E-state index contributed by atoms with van der Waals surface area (Å²) in [5.74, 6) is 0.0668. The monoisotopic (exact) mass is 313 g/mol. The third-order valence-electron chi connectivity index (χ3n) is 3.25. The number of hydrogen-bond donors (Lipinski definition) is 4. The maximum Gasteiger partial charge on any atom is 0.328 e. The average Bonchev–Trinajstić information content (AvgIpc) is 2.50. The lowest BCUT2D eigenvalue weighted by molar-refractivity contribution is -0.145. The Morgan fingerprint density at radius 3 is 2.57 bits per heavy atom. The topological polar surface area (TPSA) is 89.8 Å². The molecule has 1 aromatic carbocycles. The predicted octanol–water partition coefficient (Wildman–Crippen LogP) is 1.05. The number of rotatable bonds is 10. The summed E-state index contributed by atoms with van der Waals surface area (Å²) in [5.41, 5.74) is -0.393. The summed E-state index contributed by atoms with van der Waals surface area (Å²) in [6.45, 7) is 2.15. The second-order valence-corrected chi connectivity index (χ2v) is 5.92. The van der Waals surface area contributed by atoms with E-state index in [-0.39, 0.29) is 6.61 Å². The molecule has 0 bridgehead atoms. The van der Waals surface area contributed by atoms with Crippen molar-refractivity contribution in [1.29, 1.82) is 0 Å². The summed E-state index contributed by atoms with van der Waals surface area (Å²) >= 11 is 1.44. The van der Waals surface area contributed by atoms with Gasteiger partial charge in [0.1, 0.15) is 5.54 Å². The molecule has 1 rings (SSSR count). The van der Waals surface area contributed by atoms with Gasteiger partial charge in [-0.05, 0) is 24.3 Å². The zero-order chi connectivity index (χ0) is 15.7. The van der Waals surface area contributed by atoms with E-state index < -0.39 is 17.6 Å². The molecule has 6 heteroatoms. The summed E-state index contributed by atoms with van der Waals surface area (Å²) in [6, 6.07) is 9.13. The molecule has 2 unspecified atom stereocenters. The Balaban J connectivity index is 2.80. The molecule has 2 atom stereocenters. The van der Waals surface area contributed by atoms with Crippen LogP contribution in [-0.4, -0.2) is 52.1 Å². The quantitative estimate of drug-likeness (QED) is 0.483. The van der Waals surface area contributed by atoms with Crippen molar-refractivity contribution in [2.45, 2.75) is 25.0 Å². The van der Waals surface area contributed by atoms with Gasteiger partial charge >= 0.3 is 5.97 Å². The van der Waals surface area contributed by atoms with Crippen molar-refractivity contribution < 1.29 is 20.1 Å². The van der Waals surface area contributed by atoms with Crippen molar-refractivity contribution in [3.8, 4) is 0 Å². The smallest absolute Gasteiger partial charge is 0.328 e. The summed E-state index contributed by atoms with van der Waals surface area (Å²) in [6.07, 6.45) is -0.353. The van der Waals surface area contributed by atoms with Crippen molar-refractivity contribution in [1.82, 2.24) is 5.32 Å². The van der Waals surface area contributed by atoms with Gasteiger partial charge in [-0.25, -0.2) is 4.79 Å². The fraction of sp³-hybridized carbons (Fsp3) is 0.533. The van der Waals surface area contributed by atoms with Crippen molar-refractivity contribution in [3.05, 3.63) is 35.9 Å². The standard InChI is InChI=1S/C15H23NO4S/c1-2-16-15(14(19)20,12-6-4-3-5-7-12)8-9-21-11-13(18)10-17/h3-7,13,16-18H,2,8-11H2,1H3,(H,19,20). The van der Waals surface area contributed by atoms with Gasteiger partial charge in [0.05, 0.1) is 12.7 Å². The fourth-order valence-electron chi connectivity index (χ4n) is 2.16. The SMILES string of the molecule is CCNC(CCSCC(O)CO)(C(=O)O)c1ccccc1. The molecule has 0 spiro atoms.